The van der Waals surface area contributed by atoms with Gasteiger partial charge in [0, 0.05) is 5.41 Å². The lowest BCUT2D eigenvalue weighted by Crippen LogP contribution is -2.42. The number of hydrogen-bond donors (Lipinski definition) is 0. The molecule has 128 valence electrons. The van der Waals surface area contributed by atoms with Crippen molar-refractivity contribution in [3.63, 3.8) is 0 Å². The van der Waals surface area contributed by atoms with Crippen LogP contribution in [0.2, 0.25) is 0 Å². The molecule has 0 aliphatic rings. The van der Waals surface area contributed by atoms with E-state index < -0.39 is 33.4 Å². The molecule has 0 aliphatic carbocycles. The van der Waals surface area contributed by atoms with Crippen molar-refractivity contribution in [3.05, 3.63) is 29.8 Å². The van der Waals surface area contributed by atoms with Crippen LogP contribution in [0.4, 0.5) is 0 Å². The van der Waals surface area contributed by atoms with Gasteiger partial charge in [-0.15, -0.1) is 0 Å². The summed E-state index contributed by atoms with van der Waals surface area (Å²) in [6, 6.07) is 5.91. The van der Waals surface area contributed by atoms with E-state index in [1.54, 1.807) is 39.8 Å². The third-order valence-corrected chi connectivity index (χ3v) is 4.31. The molecule has 7 heteroatoms. The Morgan fingerprint density at radius 3 is 2.09 bits per heavy atom. The van der Waals surface area contributed by atoms with Crippen molar-refractivity contribution in [3.8, 4) is 0 Å². The van der Waals surface area contributed by atoms with Crippen LogP contribution in [0.5, 0.6) is 0 Å². The Balaban J connectivity index is 3.16. The van der Waals surface area contributed by atoms with E-state index >= 15 is 0 Å². The van der Waals surface area contributed by atoms with Crippen LogP contribution in [0.1, 0.15) is 33.3 Å². The zero-order valence-electron chi connectivity index (χ0n) is 14.0. The number of carbonyl (C=O) groups is 2. The van der Waals surface area contributed by atoms with Gasteiger partial charge in [-0.05, 0) is 26.0 Å². The van der Waals surface area contributed by atoms with E-state index in [1.807, 2.05) is 6.92 Å². The van der Waals surface area contributed by atoms with Crippen molar-refractivity contribution < 1.29 is 26.9 Å². The number of ketones is 1. The van der Waals surface area contributed by atoms with E-state index in [1.165, 1.54) is 12.1 Å². The lowest BCUT2D eigenvalue weighted by molar-refractivity contribution is -0.157. The average molecular weight is 342 g/mol. The Morgan fingerprint density at radius 2 is 1.65 bits per heavy atom. The molecule has 1 aromatic carbocycles. The van der Waals surface area contributed by atoms with E-state index in [2.05, 4.69) is 0 Å². The second kappa shape index (κ2) is 7.23. The molecule has 0 bridgehead atoms. The summed E-state index contributed by atoms with van der Waals surface area (Å²) in [6.45, 7) is 8.10. The second-order valence-corrected chi connectivity index (χ2v) is 7.68. The van der Waals surface area contributed by atoms with Crippen molar-refractivity contribution in [2.45, 2.75) is 45.6 Å². The molecule has 23 heavy (non-hydrogen) atoms. The highest BCUT2D eigenvalue weighted by Crippen LogP contribution is 2.23. The number of benzene rings is 1. The van der Waals surface area contributed by atoms with Gasteiger partial charge in [-0.25, -0.2) is 8.98 Å². The molecule has 0 saturated carbocycles. The van der Waals surface area contributed by atoms with Gasteiger partial charge in [0.1, 0.15) is 0 Å². The summed E-state index contributed by atoms with van der Waals surface area (Å²) in [4.78, 5) is 24.2. The molecule has 1 unspecified atom stereocenters. The van der Waals surface area contributed by atoms with E-state index in [9.17, 15) is 18.0 Å². The maximum Gasteiger partial charge on any atom is 0.344 e. The monoisotopic (exact) mass is 342 g/mol. The van der Waals surface area contributed by atoms with Gasteiger partial charge in [0.15, 0.2) is 5.78 Å². The fraction of sp³-hybridized carbons (Fsp3) is 0.500. The zero-order valence-corrected chi connectivity index (χ0v) is 14.8. The van der Waals surface area contributed by atoms with Gasteiger partial charge in [-0.3, -0.25) is 4.79 Å². The SMILES string of the molecule is CCOC(=O)C(OS(=O)(=O)c1ccc(C)cc1)C(=O)C(C)(C)C. The Hall–Kier alpha value is -1.73. The predicted molar refractivity (Wildman–Crippen MR) is 84.3 cm³/mol. The minimum atomic E-state index is -4.27. The fourth-order valence-corrected chi connectivity index (χ4v) is 2.69. The summed E-state index contributed by atoms with van der Waals surface area (Å²) in [7, 11) is -4.27. The summed E-state index contributed by atoms with van der Waals surface area (Å²) in [6.07, 6.45) is -1.82. The van der Waals surface area contributed by atoms with E-state index in [0.29, 0.717) is 0 Å². The van der Waals surface area contributed by atoms with Crippen LogP contribution in [-0.2, 0) is 28.6 Å². The number of rotatable bonds is 6. The Morgan fingerprint density at radius 1 is 1.13 bits per heavy atom. The molecule has 0 saturated heterocycles. The van der Waals surface area contributed by atoms with Crippen LogP contribution in [0.15, 0.2) is 29.2 Å². The number of ether oxygens (including phenoxy) is 1. The van der Waals surface area contributed by atoms with Crippen LogP contribution in [0, 0.1) is 12.3 Å². The number of esters is 1. The van der Waals surface area contributed by atoms with Crippen LogP contribution >= 0.6 is 0 Å². The second-order valence-electron chi connectivity index (χ2n) is 6.11. The third-order valence-electron chi connectivity index (χ3n) is 3.01. The molecule has 0 aromatic heterocycles. The third kappa shape index (κ3) is 5.14. The molecule has 6 nitrogen and oxygen atoms in total. The van der Waals surface area contributed by atoms with Crippen LogP contribution in [0.25, 0.3) is 0 Å². The van der Waals surface area contributed by atoms with E-state index in [-0.39, 0.29) is 11.5 Å². The van der Waals surface area contributed by atoms with Crippen molar-refractivity contribution >= 4 is 21.9 Å². The van der Waals surface area contributed by atoms with Gasteiger partial charge in [-0.1, -0.05) is 38.5 Å². The molecule has 0 N–H and O–H groups in total. The Labute approximate surface area is 136 Å². The highest BCUT2D eigenvalue weighted by molar-refractivity contribution is 7.86. The van der Waals surface area contributed by atoms with Crippen LogP contribution in [-0.4, -0.2) is 32.9 Å². The fourth-order valence-electron chi connectivity index (χ4n) is 1.69. The van der Waals surface area contributed by atoms with Gasteiger partial charge in [-0.2, -0.15) is 8.42 Å². The number of aryl methyl sites for hydroxylation is 1. The normalized spacial score (nSPS) is 13.4. The summed E-state index contributed by atoms with van der Waals surface area (Å²) < 4.78 is 34.3. The predicted octanol–water partition coefficient (Wildman–Crippen LogP) is 2.25. The average Bonchev–Trinajstić information content (AvgIpc) is 2.43. The summed E-state index contributed by atoms with van der Waals surface area (Å²) in [5.41, 5.74) is -0.0862. The molecule has 1 aromatic rings. The summed E-state index contributed by atoms with van der Waals surface area (Å²) >= 11 is 0. The first-order valence-corrected chi connectivity index (χ1v) is 8.60. The topological polar surface area (TPSA) is 86.7 Å². The van der Waals surface area contributed by atoms with Gasteiger partial charge in [0.05, 0.1) is 11.5 Å². The van der Waals surface area contributed by atoms with Crippen molar-refractivity contribution in [1.82, 2.24) is 0 Å². The Kier molecular flexibility index (Phi) is 6.07. The first-order chi connectivity index (χ1) is 10.5. The lowest BCUT2D eigenvalue weighted by Gasteiger charge is -2.23. The van der Waals surface area contributed by atoms with Gasteiger partial charge < -0.3 is 4.74 Å². The van der Waals surface area contributed by atoms with Crippen LogP contribution in [0.3, 0.4) is 0 Å². The highest BCUT2D eigenvalue weighted by Gasteiger charge is 2.40. The summed E-state index contributed by atoms with van der Waals surface area (Å²) in [5.74, 6) is -1.67. The number of carbonyl (C=O) groups excluding carboxylic acids is 2. The molecule has 0 fully saturated rings. The smallest absolute Gasteiger partial charge is 0.344 e. The quantitative estimate of drug-likeness (QED) is 0.448. The summed E-state index contributed by atoms with van der Waals surface area (Å²) in [5, 5.41) is 0. The van der Waals surface area contributed by atoms with Crippen LogP contribution < -0.4 is 0 Å². The minimum absolute atomic E-state index is 0.0146. The molecule has 0 spiro atoms. The maximum absolute atomic E-state index is 12.4. The van der Waals surface area contributed by atoms with Crippen molar-refractivity contribution in [2.75, 3.05) is 6.61 Å². The zero-order chi connectivity index (χ0) is 17.8. The van der Waals surface area contributed by atoms with Crippen molar-refractivity contribution in [2.24, 2.45) is 5.41 Å². The first kappa shape index (κ1) is 19.3. The molecular weight excluding hydrogens is 320 g/mol. The number of hydrogen-bond acceptors (Lipinski definition) is 6. The minimum Gasteiger partial charge on any atom is -0.464 e. The van der Waals surface area contributed by atoms with E-state index in [4.69, 9.17) is 8.92 Å². The van der Waals surface area contributed by atoms with E-state index in [0.717, 1.165) is 5.56 Å². The molecule has 0 heterocycles. The van der Waals surface area contributed by atoms with Crippen molar-refractivity contribution in [1.29, 1.82) is 0 Å². The maximum atomic E-state index is 12.4. The molecule has 0 amide bonds. The number of Topliss-reactive ketones (excluding diaryl/α,β-unsaturated/α-hetero) is 1. The van der Waals surface area contributed by atoms with Gasteiger partial charge in [0.2, 0.25) is 6.10 Å². The lowest BCUT2D eigenvalue weighted by atomic mass is 9.87. The highest BCUT2D eigenvalue weighted by atomic mass is 32.2. The van der Waals surface area contributed by atoms with Gasteiger partial charge >= 0.3 is 5.97 Å². The molecule has 1 atom stereocenters. The Bertz CT molecular complexity index is 668. The van der Waals surface area contributed by atoms with Gasteiger partial charge in [0.25, 0.3) is 10.1 Å². The largest absolute Gasteiger partial charge is 0.464 e. The molecule has 1 rings (SSSR count). The molecular formula is C16H22O6S. The first-order valence-electron chi connectivity index (χ1n) is 7.20. The molecule has 0 radical (unpaired) electrons. The standard InChI is InChI=1S/C16H22O6S/c1-6-21-15(18)13(14(17)16(3,4)5)22-23(19,20)12-9-7-11(2)8-10-12/h7-10,13H,6H2,1-5H3. The molecule has 0 aliphatic heterocycles.